The van der Waals surface area contributed by atoms with Crippen molar-refractivity contribution >= 4 is 28.3 Å². The molecule has 0 saturated carbocycles. The van der Waals surface area contributed by atoms with E-state index < -0.39 is 6.04 Å². The minimum atomic E-state index is -0.607. The molecule has 158 valence electrons. The molecule has 32 heavy (non-hydrogen) atoms. The molecule has 5 rings (SSSR count). The van der Waals surface area contributed by atoms with Crippen molar-refractivity contribution in [1.29, 1.82) is 0 Å². The summed E-state index contributed by atoms with van der Waals surface area (Å²) in [5.41, 5.74) is 4.15. The van der Waals surface area contributed by atoms with E-state index in [9.17, 15) is 9.18 Å². The third-order valence-corrected chi connectivity index (χ3v) is 5.30. The van der Waals surface area contributed by atoms with Crippen molar-refractivity contribution in [3.63, 3.8) is 0 Å². The number of hydrogen-bond donors (Lipinski definition) is 3. The number of amidine groups is 1. The number of benzene rings is 2. The minimum Gasteiger partial charge on any atom is -0.343 e. The normalized spacial score (nSPS) is 15.9. The second-order valence-electron chi connectivity index (χ2n) is 7.46. The Morgan fingerprint density at radius 2 is 1.94 bits per heavy atom. The number of allylic oxidation sites excluding steroid dienone is 1. The van der Waals surface area contributed by atoms with Gasteiger partial charge in [-0.25, -0.2) is 4.39 Å². The second-order valence-corrected chi connectivity index (χ2v) is 7.46. The van der Waals surface area contributed by atoms with Gasteiger partial charge in [0.15, 0.2) is 0 Å². The molecular weight excluding hydrogens is 407 g/mol. The van der Waals surface area contributed by atoms with Crippen molar-refractivity contribution in [3.8, 4) is 0 Å². The molecule has 0 saturated heterocycles. The molecule has 1 unspecified atom stereocenters. The van der Waals surface area contributed by atoms with Crippen LogP contribution in [0.1, 0.15) is 24.1 Å². The molecule has 1 aliphatic heterocycles. The van der Waals surface area contributed by atoms with Crippen molar-refractivity contribution in [2.75, 3.05) is 5.32 Å². The largest absolute Gasteiger partial charge is 0.343 e. The third-order valence-electron chi connectivity index (χ3n) is 5.30. The van der Waals surface area contributed by atoms with Crippen molar-refractivity contribution in [2.45, 2.75) is 13.0 Å². The fraction of sp³-hybridized carbons (Fsp3) is 0.0833. The summed E-state index contributed by atoms with van der Waals surface area (Å²) >= 11 is 0. The number of nitrogens with one attached hydrogen (secondary N) is 3. The van der Waals surface area contributed by atoms with Gasteiger partial charge in [-0.1, -0.05) is 12.1 Å². The monoisotopic (exact) mass is 426 g/mol. The van der Waals surface area contributed by atoms with E-state index in [0.29, 0.717) is 28.4 Å². The Balaban J connectivity index is 1.52. The second kappa shape index (κ2) is 8.07. The maximum atomic E-state index is 13.6. The van der Waals surface area contributed by atoms with E-state index in [1.54, 1.807) is 30.7 Å². The predicted molar refractivity (Wildman–Crippen MR) is 120 cm³/mol. The summed E-state index contributed by atoms with van der Waals surface area (Å²) in [6.07, 6.45) is 5.08. The molecule has 1 amide bonds. The Morgan fingerprint density at radius 1 is 1.09 bits per heavy atom. The summed E-state index contributed by atoms with van der Waals surface area (Å²) in [6, 6.07) is 14.6. The number of aliphatic imine (C=N–C) groups is 1. The summed E-state index contributed by atoms with van der Waals surface area (Å²) in [6.45, 7) is 1.83. The number of hydrogen-bond acceptors (Lipinski definition) is 5. The summed E-state index contributed by atoms with van der Waals surface area (Å²) in [5.74, 6) is -0.0401. The van der Waals surface area contributed by atoms with Crippen LogP contribution in [0.15, 0.2) is 89.5 Å². The molecule has 0 spiro atoms. The van der Waals surface area contributed by atoms with E-state index in [-0.39, 0.29) is 11.7 Å². The highest BCUT2D eigenvalue weighted by molar-refractivity contribution is 6.09. The quantitative estimate of drug-likeness (QED) is 0.458. The van der Waals surface area contributed by atoms with E-state index in [2.05, 4.69) is 25.8 Å². The predicted octanol–water partition coefficient (Wildman–Crippen LogP) is 4.10. The first kappa shape index (κ1) is 19.6. The number of carbonyl (C=O) groups excluding carboxylic acids is 1. The lowest BCUT2D eigenvalue weighted by molar-refractivity contribution is -0.113. The van der Waals surface area contributed by atoms with Crippen LogP contribution in [-0.4, -0.2) is 26.9 Å². The number of aromatic amines is 1. The average molecular weight is 426 g/mol. The van der Waals surface area contributed by atoms with Gasteiger partial charge < -0.3 is 10.6 Å². The minimum absolute atomic E-state index is 0.291. The Bertz CT molecular complexity index is 1360. The van der Waals surface area contributed by atoms with Gasteiger partial charge in [-0.05, 0) is 55.0 Å². The number of halogens is 1. The van der Waals surface area contributed by atoms with Crippen LogP contribution in [0.25, 0.3) is 10.9 Å². The van der Waals surface area contributed by atoms with Crippen molar-refractivity contribution < 1.29 is 9.18 Å². The highest BCUT2D eigenvalue weighted by Gasteiger charge is 2.30. The van der Waals surface area contributed by atoms with Crippen LogP contribution < -0.4 is 10.6 Å². The van der Waals surface area contributed by atoms with Crippen molar-refractivity contribution in [1.82, 2.24) is 20.5 Å². The molecule has 3 N–H and O–H groups in total. The molecule has 7 nitrogen and oxygen atoms in total. The van der Waals surface area contributed by atoms with E-state index in [1.165, 1.54) is 12.1 Å². The van der Waals surface area contributed by atoms with Crippen LogP contribution in [-0.2, 0) is 4.79 Å². The number of H-pyrrole nitrogens is 1. The van der Waals surface area contributed by atoms with Crippen LogP contribution in [0.5, 0.6) is 0 Å². The van der Waals surface area contributed by atoms with Gasteiger partial charge in [-0.15, -0.1) is 0 Å². The molecule has 0 radical (unpaired) electrons. The summed E-state index contributed by atoms with van der Waals surface area (Å²) in [4.78, 5) is 22.3. The average Bonchev–Trinajstić information content (AvgIpc) is 3.27. The molecule has 8 heteroatoms. The maximum Gasteiger partial charge on any atom is 0.255 e. The van der Waals surface area contributed by atoms with E-state index >= 15 is 0 Å². The first-order valence-corrected chi connectivity index (χ1v) is 10.0. The van der Waals surface area contributed by atoms with Crippen molar-refractivity contribution in [3.05, 3.63) is 101 Å². The third kappa shape index (κ3) is 3.74. The highest BCUT2D eigenvalue weighted by atomic mass is 19.1. The maximum absolute atomic E-state index is 13.6. The lowest BCUT2D eigenvalue weighted by Gasteiger charge is -2.27. The van der Waals surface area contributed by atoms with Gasteiger partial charge in [-0.3, -0.25) is 19.9 Å². The molecule has 2 aromatic heterocycles. The van der Waals surface area contributed by atoms with Gasteiger partial charge in [-0.2, -0.15) is 5.10 Å². The zero-order chi connectivity index (χ0) is 22.1. The van der Waals surface area contributed by atoms with E-state index in [1.807, 2.05) is 37.3 Å². The Hall–Kier alpha value is -4.33. The van der Waals surface area contributed by atoms with Gasteiger partial charge in [0.05, 0.1) is 17.3 Å². The number of rotatable bonds is 4. The van der Waals surface area contributed by atoms with Gasteiger partial charge >= 0.3 is 0 Å². The Labute approximate surface area is 183 Å². The molecule has 0 bridgehead atoms. The molecule has 0 fully saturated rings. The van der Waals surface area contributed by atoms with Gasteiger partial charge in [0.1, 0.15) is 17.7 Å². The molecule has 0 aliphatic carbocycles. The first-order chi connectivity index (χ1) is 15.6. The number of nitrogens with zero attached hydrogens (tertiary/aromatic N) is 3. The summed E-state index contributed by atoms with van der Waals surface area (Å²) in [7, 11) is 0. The number of pyridine rings is 1. The molecule has 2 aromatic carbocycles. The SMILES string of the molecule is CC1=C(C(=O)Nc2ccc3[nH]ncc3c2)C(c2ccc(F)cc2)N=C(c2cccnc2)N1. The van der Waals surface area contributed by atoms with Crippen LogP contribution in [0, 0.1) is 5.82 Å². The van der Waals surface area contributed by atoms with E-state index in [0.717, 1.165) is 16.5 Å². The van der Waals surface area contributed by atoms with Crippen LogP contribution in [0.2, 0.25) is 0 Å². The van der Waals surface area contributed by atoms with E-state index in [4.69, 9.17) is 4.99 Å². The number of fused-ring (bicyclic) bond motifs is 1. The fourth-order valence-electron chi connectivity index (χ4n) is 3.73. The van der Waals surface area contributed by atoms with Crippen molar-refractivity contribution in [2.24, 2.45) is 4.99 Å². The number of carbonyl (C=O) groups is 1. The Kier molecular flexibility index (Phi) is 4.95. The van der Waals surface area contributed by atoms with Gasteiger partial charge in [0.25, 0.3) is 5.91 Å². The number of amides is 1. The fourth-order valence-corrected chi connectivity index (χ4v) is 3.73. The standard InChI is InChI=1S/C24H19FN6O/c1-14-21(24(32)29-19-8-9-20-17(11-19)13-27-31-20)22(15-4-6-18(25)7-5-15)30-23(28-14)16-3-2-10-26-12-16/h2-13,22H,1H3,(H,27,31)(H,28,30)(H,29,32). The zero-order valence-corrected chi connectivity index (χ0v) is 17.1. The molecule has 1 atom stereocenters. The molecule has 1 aliphatic rings. The topological polar surface area (TPSA) is 95.1 Å². The Morgan fingerprint density at radius 3 is 2.72 bits per heavy atom. The van der Waals surface area contributed by atoms with Crippen LogP contribution in [0.4, 0.5) is 10.1 Å². The molecule has 3 heterocycles. The molecule has 4 aromatic rings. The van der Waals surface area contributed by atoms with Crippen LogP contribution >= 0.6 is 0 Å². The number of anilines is 1. The lowest BCUT2D eigenvalue weighted by Crippen LogP contribution is -2.34. The summed E-state index contributed by atoms with van der Waals surface area (Å²) < 4.78 is 13.6. The number of aromatic nitrogens is 3. The zero-order valence-electron chi connectivity index (χ0n) is 17.1. The first-order valence-electron chi connectivity index (χ1n) is 10.0. The highest BCUT2D eigenvalue weighted by Crippen LogP contribution is 2.32. The lowest BCUT2D eigenvalue weighted by atomic mass is 9.94. The van der Waals surface area contributed by atoms with Gasteiger partial charge in [0.2, 0.25) is 0 Å². The summed E-state index contributed by atoms with van der Waals surface area (Å²) in [5, 5.41) is 14.0. The van der Waals surface area contributed by atoms with Crippen LogP contribution in [0.3, 0.4) is 0 Å². The smallest absolute Gasteiger partial charge is 0.255 e. The van der Waals surface area contributed by atoms with Gasteiger partial charge in [0, 0.05) is 34.7 Å². The molecular formula is C24H19FN6O.